The van der Waals surface area contributed by atoms with Gasteiger partial charge in [-0.15, -0.1) is 5.10 Å². The molecule has 2 N–H and O–H groups in total. The Balaban J connectivity index is 1.93. The molecule has 7 heteroatoms. The molecule has 21 heavy (non-hydrogen) atoms. The molecule has 0 aliphatic carbocycles. The van der Waals surface area contributed by atoms with Crippen LogP contribution >= 0.6 is 0 Å². The molecule has 0 radical (unpaired) electrons. The zero-order valence-corrected chi connectivity index (χ0v) is 10.9. The quantitative estimate of drug-likeness (QED) is 0.750. The molecule has 0 fully saturated rings. The van der Waals surface area contributed by atoms with Gasteiger partial charge in [-0.3, -0.25) is 0 Å². The molecule has 0 aliphatic heterocycles. The minimum atomic E-state index is -0.490. The Kier molecular flexibility index (Phi) is 3.31. The van der Waals surface area contributed by atoms with E-state index in [1.807, 2.05) is 0 Å². The summed E-state index contributed by atoms with van der Waals surface area (Å²) in [5.74, 6) is -0.329. The number of halogens is 2. The van der Waals surface area contributed by atoms with E-state index in [4.69, 9.17) is 5.73 Å². The van der Waals surface area contributed by atoms with Crippen LogP contribution in [0, 0.1) is 11.6 Å². The summed E-state index contributed by atoms with van der Waals surface area (Å²) < 4.78 is 27.6. The summed E-state index contributed by atoms with van der Waals surface area (Å²) in [5, 5.41) is 11.4. The third kappa shape index (κ3) is 2.71. The second-order valence-corrected chi connectivity index (χ2v) is 4.52. The van der Waals surface area contributed by atoms with Gasteiger partial charge in [0.1, 0.15) is 11.6 Å². The minimum Gasteiger partial charge on any atom is -0.396 e. The minimum absolute atomic E-state index is 0.0313. The molecule has 0 amide bonds. The molecule has 0 unspecified atom stereocenters. The summed E-state index contributed by atoms with van der Waals surface area (Å²) in [6.07, 6.45) is 0. The summed E-state index contributed by atoms with van der Waals surface area (Å²) in [6, 6.07) is 10.3. The van der Waals surface area contributed by atoms with Crippen LogP contribution in [0.2, 0.25) is 0 Å². The number of nitrogens with zero attached hydrogens (tertiary/aromatic N) is 4. The molecule has 3 rings (SSSR count). The van der Waals surface area contributed by atoms with Crippen LogP contribution in [0.15, 0.2) is 42.5 Å². The molecule has 2 aromatic carbocycles. The molecule has 0 saturated heterocycles. The molecule has 1 heterocycles. The Morgan fingerprint density at radius 1 is 1.05 bits per heavy atom. The third-order valence-corrected chi connectivity index (χ3v) is 3.03. The fraction of sp³-hybridized carbons (Fsp3) is 0.0714. The lowest BCUT2D eigenvalue weighted by Gasteiger charge is -2.06. The lowest BCUT2D eigenvalue weighted by atomic mass is 10.1. The number of nitrogens with two attached hydrogens (primary N) is 1. The van der Waals surface area contributed by atoms with E-state index in [1.165, 1.54) is 24.3 Å². The van der Waals surface area contributed by atoms with Crippen LogP contribution in [-0.2, 0) is 6.54 Å². The first-order chi connectivity index (χ1) is 10.1. The first kappa shape index (κ1) is 13.2. The number of hydrogen-bond acceptors (Lipinski definition) is 4. The second-order valence-electron chi connectivity index (χ2n) is 4.52. The van der Waals surface area contributed by atoms with Crippen LogP contribution in [0.5, 0.6) is 0 Å². The van der Waals surface area contributed by atoms with Crippen molar-refractivity contribution in [3.05, 3.63) is 59.7 Å². The molecule has 0 saturated carbocycles. The molecule has 0 atom stereocenters. The molecule has 1 aromatic heterocycles. The number of tetrazole rings is 1. The number of aromatic nitrogens is 4. The number of anilines is 1. The van der Waals surface area contributed by atoms with E-state index < -0.39 is 5.82 Å². The van der Waals surface area contributed by atoms with E-state index in [0.29, 0.717) is 17.9 Å². The van der Waals surface area contributed by atoms with E-state index in [1.54, 1.807) is 22.9 Å². The van der Waals surface area contributed by atoms with Gasteiger partial charge in [0.25, 0.3) is 0 Å². The van der Waals surface area contributed by atoms with Crippen LogP contribution < -0.4 is 5.73 Å². The first-order valence-electron chi connectivity index (χ1n) is 6.19. The topological polar surface area (TPSA) is 69.6 Å². The summed E-state index contributed by atoms with van der Waals surface area (Å²) in [5.41, 5.74) is 7.04. The van der Waals surface area contributed by atoms with Gasteiger partial charge in [-0.1, -0.05) is 12.1 Å². The van der Waals surface area contributed by atoms with E-state index >= 15 is 0 Å². The third-order valence-electron chi connectivity index (χ3n) is 3.03. The first-order valence-corrected chi connectivity index (χ1v) is 6.19. The fourth-order valence-corrected chi connectivity index (χ4v) is 1.96. The maximum atomic E-state index is 13.2. The Bertz CT molecular complexity index is 767. The van der Waals surface area contributed by atoms with Gasteiger partial charge < -0.3 is 5.73 Å². The number of benzene rings is 2. The average Bonchev–Trinajstić information content (AvgIpc) is 2.92. The zero-order chi connectivity index (χ0) is 14.8. The van der Waals surface area contributed by atoms with Crippen molar-refractivity contribution in [2.75, 3.05) is 5.73 Å². The largest absolute Gasteiger partial charge is 0.396 e. The van der Waals surface area contributed by atoms with Gasteiger partial charge in [0.2, 0.25) is 0 Å². The Morgan fingerprint density at radius 2 is 1.81 bits per heavy atom. The van der Waals surface area contributed by atoms with Crippen molar-refractivity contribution in [3.63, 3.8) is 0 Å². The van der Waals surface area contributed by atoms with Crippen molar-refractivity contribution in [1.29, 1.82) is 0 Å². The SMILES string of the molecule is Nc1cc(-c2nnnn2Cc2ccc(F)cc2)ccc1F. The lowest BCUT2D eigenvalue weighted by molar-refractivity contribution is 0.622. The smallest absolute Gasteiger partial charge is 0.182 e. The Morgan fingerprint density at radius 3 is 2.52 bits per heavy atom. The molecule has 0 aliphatic rings. The van der Waals surface area contributed by atoms with E-state index in [2.05, 4.69) is 15.5 Å². The molecule has 106 valence electrons. The maximum absolute atomic E-state index is 13.2. The van der Waals surface area contributed by atoms with Gasteiger partial charge in [0.15, 0.2) is 5.82 Å². The van der Waals surface area contributed by atoms with Crippen LogP contribution in [0.3, 0.4) is 0 Å². The maximum Gasteiger partial charge on any atom is 0.182 e. The summed E-state index contributed by atoms with van der Waals surface area (Å²) in [7, 11) is 0. The standard InChI is InChI=1S/C14H11F2N5/c15-11-4-1-9(2-5-11)8-21-14(18-19-20-21)10-3-6-12(16)13(17)7-10/h1-7H,8,17H2. The second kappa shape index (κ2) is 5.28. The van der Waals surface area contributed by atoms with Crippen LogP contribution in [0.25, 0.3) is 11.4 Å². The molecule has 0 bridgehead atoms. The summed E-state index contributed by atoms with van der Waals surface area (Å²) in [4.78, 5) is 0. The van der Waals surface area contributed by atoms with Crippen LogP contribution in [0.1, 0.15) is 5.56 Å². The predicted octanol–water partition coefficient (Wildman–Crippen LogP) is 2.25. The molecular weight excluding hydrogens is 276 g/mol. The van der Waals surface area contributed by atoms with Crippen molar-refractivity contribution < 1.29 is 8.78 Å². The number of rotatable bonds is 3. The van der Waals surface area contributed by atoms with Crippen LogP contribution in [0.4, 0.5) is 14.5 Å². The van der Waals surface area contributed by atoms with Crippen molar-refractivity contribution >= 4 is 5.69 Å². The van der Waals surface area contributed by atoms with Gasteiger partial charge in [-0.05, 0) is 46.3 Å². The van der Waals surface area contributed by atoms with Gasteiger partial charge in [0, 0.05) is 5.56 Å². The monoisotopic (exact) mass is 287 g/mol. The van der Waals surface area contributed by atoms with E-state index in [0.717, 1.165) is 5.56 Å². The van der Waals surface area contributed by atoms with Crippen molar-refractivity contribution in [1.82, 2.24) is 20.2 Å². The van der Waals surface area contributed by atoms with Gasteiger partial charge >= 0.3 is 0 Å². The Labute approximate surface area is 119 Å². The predicted molar refractivity (Wildman–Crippen MR) is 73.1 cm³/mol. The highest BCUT2D eigenvalue weighted by Gasteiger charge is 2.11. The summed E-state index contributed by atoms with van der Waals surface area (Å²) in [6.45, 7) is 0.375. The van der Waals surface area contributed by atoms with E-state index in [9.17, 15) is 8.78 Å². The van der Waals surface area contributed by atoms with Gasteiger partial charge in [0.05, 0.1) is 12.2 Å². The number of hydrogen-bond donors (Lipinski definition) is 1. The van der Waals surface area contributed by atoms with Crippen LogP contribution in [-0.4, -0.2) is 20.2 Å². The molecule has 3 aromatic rings. The highest BCUT2D eigenvalue weighted by Crippen LogP contribution is 2.21. The van der Waals surface area contributed by atoms with Crippen molar-refractivity contribution in [3.8, 4) is 11.4 Å². The van der Waals surface area contributed by atoms with Gasteiger partial charge in [-0.25, -0.2) is 13.5 Å². The fourth-order valence-electron chi connectivity index (χ4n) is 1.96. The molecule has 0 spiro atoms. The molecule has 5 nitrogen and oxygen atoms in total. The van der Waals surface area contributed by atoms with Crippen molar-refractivity contribution in [2.24, 2.45) is 0 Å². The zero-order valence-electron chi connectivity index (χ0n) is 10.9. The van der Waals surface area contributed by atoms with E-state index in [-0.39, 0.29) is 11.5 Å². The van der Waals surface area contributed by atoms with Crippen molar-refractivity contribution in [2.45, 2.75) is 6.54 Å². The normalized spacial score (nSPS) is 10.8. The summed E-state index contributed by atoms with van der Waals surface area (Å²) >= 11 is 0. The average molecular weight is 287 g/mol. The lowest BCUT2D eigenvalue weighted by Crippen LogP contribution is -2.05. The van der Waals surface area contributed by atoms with Gasteiger partial charge in [-0.2, -0.15) is 0 Å². The highest BCUT2D eigenvalue weighted by atomic mass is 19.1. The Hall–Kier alpha value is -2.83. The molecular formula is C14H11F2N5. The highest BCUT2D eigenvalue weighted by molar-refractivity contribution is 5.61. The number of nitrogen functional groups attached to an aromatic ring is 1.